The van der Waals surface area contributed by atoms with Crippen LogP contribution in [0, 0.1) is 7.11 Å². The van der Waals surface area contributed by atoms with E-state index in [9.17, 15) is 0 Å². The molecule has 1 radical (unpaired) electrons. The van der Waals surface area contributed by atoms with Crippen LogP contribution in [0.3, 0.4) is 0 Å². The summed E-state index contributed by atoms with van der Waals surface area (Å²) in [6, 6.07) is 0. The monoisotopic (exact) mass is 111 g/mol. The molecule has 0 amide bonds. The molecule has 0 aliphatic carbocycles. The Morgan fingerprint density at radius 2 is 2.75 bits per heavy atom. The van der Waals surface area contributed by atoms with Gasteiger partial charge in [-0.05, 0) is 0 Å². The molecule has 1 aromatic heterocycles. The highest BCUT2D eigenvalue weighted by Crippen LogP contribution is 1.91. The minimum Gasteiger partial charge on any atom is -0.373 e. The second-order valence-corrected chi connectivity index (χ2v) is 1.41. The predicted molar refractivity (Wildman–Crippen MR) is 28.7 cm³/mol. The number of hydrogen-bond acceptors (Lipinski definition) is 2. The molecule has 43 valence electrons. The van der Waals surface area contributed by atoms with Gasteiger partial charge in [0.05, 0.1) is 25.7 Å². The summed E-state index contributed by atoms with van der Waals surface area (Å²) in [5, 5.41) is 0. The van der Waals surface area contributed by atoms with Crippen LogP contribution in [0.5, 0.6) is 0 Å². The van der Waals surface area contributed by atoms with Crippen LogP contribution in [0.1, 0.15) is 5.69 Å². The van der Waals surface area contributed by atoms with Crippen molar-refractivity contribution in [3.05, 3.63) is 25.3 Å². The largest absolute Gasteiger partial charge is 0.373 e. The van der Waals surface area contributed by atoms with Crippen molar-refractivity contribution in [3.63, 3.8) is 0 Å². The third-order valence-corrected chi connectivity index (χ3v) is 0.805. The number of nitrogens with zero attached hydrogens (tertiary/aromatic N) is 1. The molecule has 0 aliphatic rings. The highest BCUT2D eigenvalue weighted by atomic mass is 16.5. The van der Waals surface area contributed by atoms with Gasteiger partial charge in [-0.15, -0.1) is 0 Å². The summed E-state index contributed by atoms with van der Waals surface area (Å²) in [4.78, 5) is 6.68. The molecule has 0 aromatic carbocycles. The van der Waals surface area contributed by atoms with E-state index in [0.29, 0.717) is 6.61 Å². The molecule has 0 fully saturated rings. The Bertz CT molecular complexity index is 136. The number of H-pyrrole nitrogens is 1. The van der Waals surface area contributed by atoms with E-state index < -0.39 is 0 Å². The molecule has 1 rings (SSSR count). The van der Waals surface area contributed by atoms with E-state index in [2.05, 4.69) is 21.8 Å². The van der Waals surface area contributed by atoms with Crippen LogP contribution in [-0.2, 0) is 11.3 Å². The molecule has 0 atom stereocenters. The molecule has 1 heterocycles. The minimum atomic E-state index is 0.476. The van der Waals surface area contributed by atoms with Gasteiger partial charge in [0.25, 0.3) is 0 Å². The van der Waals surface area contributed by atoms with Crippen LogP contribution in [0.15, 0.2) is 12.5 Å². The third kappa shape index (κ3) is 1.07. The summed E-state index contributed by atoms with van der Waals surface area (Å²) in [6.07, 6.45) is 3.37. The summed E-state index contributed by atoms with van der Waals surface area (Å²) in [5.74, 6) is 0. The van der Waals surface area contributed by atoms with Gasteiger partial charge in [-0.25, -0.2) is 4.98 Å². The normalized spacial score (nSPS) is 9.62. The Hall–Kier alpha value is -0.830. The molecule has 0 bridgehead atoms. The van der Waals surface area contributed by atoms with E-state index in [1.54, 1.807) is 12.5 Å². The summed E-state index contributed by atoms with van der Waals surface area (Å²) < 4.78 is 4.55. The molecule has 0 aliphatic heterocycles. The van der Waals surface area contributed by atoms with Crippen molar-refractivity contribution < 1.29 is 4.74 Å². The van der Waals surface area contributed by atoms with Crippen LogP contribution >= 0.6 is 0 Å². The van der Waals surface area contributed by atoms with E-state index >= 15 is 0 Å². The molecule has 0 saturated carbocycles. The van der Waals surface area contributed by atoms with Crippen LogP contribution in [0.2, 0.25) is 0 Å². The molecular weight excluding hydrogens is 104 g/mol. The highest BCUT2D eigenvalue weighted by molar-refractivity contribution is 4.90. The SMILES string of the molecule is [CH2]OCc1c[nH]cn1. The van der Waals surface area contributed by atoms with E-state index in [-0.39, 0.29) is 0 Å². The zero-order valence-corrected chi connectivity index (χ0v) is 4.42. The van der Waals surface area contributed by atoms with Gasteiger partial charge in [-0.3, -0.25) is 0 Å². The number of nitrogens with one attached hydrogen (secondary N) is 1. The summed E-state index contributed by atoms with van der Waals surface area (Å²) >= 11 is 0. The third-order valence-electron chi connectivity index (χ3n) is 0.805. The summed E-state index contributed by atoms with van der Waals surface area (Å²) in [5.41, 5.74) is 0.875. The molecule has 1 N–H and O–H groups in total. The van der Waals surface area contributed by atoms with Crippen molar-refractivity contribution in [1.82, 2.24) is 9.97 Å². The first-order valence-electron chi connectivity index (χ1n) is 2.28. The van der Waals surface area contributed by atoms with E-state index in [1.165, 1.54) is 0 Å². The average molecular weight is 111 g/mol. The van der Waals surface area contributed by atoms with E-state index in [1.807, 2.05) is 0 Å². The number of aromatic amines is 1. The van der Waals surface area contributed by atoms with Crippen molar-refractivity contribution in [2.75, 3.05) is 0 Å². The maximum absolute atomic E-state index is 4.55. The standard InChI is InChI=1S/C5H7N2O/c1-8-3-5-2-6-4-7-5/h2,4H,1,3H2,(H,6,7). The van der Waals surface area contributed by atoms with E-state index in [0.717, 1.165) is 5.69 Å². The maximum Gasteiger partial charge on any atom is 0.0924 e. The fourth-order valence-corrected chi connectivity index (χ4v) is 0.474. The zero-order chi connectivity index (χ0) is 5.82. The van der Waals surface area contributed by atoms with Gasteiger partial charge >= 0.3 is 0 Å². The van der Waals surface area contributed by atoms with Gasteiger partial charge < -0.3 is 9.72 Å². The summed E-state index contributed by atoms with van der Waals surface area (Å²) in [7, 11) is 3.21. The molecule has 1 aromatic rings. The second kappa shape index (κ2) is 2.47. The van der Waals surface area contributed by atoms with Crippen molar-refractivity contribution in [3.8, 4) is 0 Å². The van der Waals surface area contributed by atoms with Crippen LogP contribution in [-0.4, -0.2) is 9.97 Å². The molecule has 3 nitrogen and oxygen atoms in total. The lowest BCUT2D eigenvalue weighted by Gasteiger charge is -1.87. The fraction of sp³-hybridized carbons (Fsp3) is 0.200. The maximum atomic E-state index is 4.55. The number of rotatable bonds is 2. The molecule has 0 saturated heterocycles. The Labute approximate surface area is 47.7 Å². The van der Waals surface area contributed by atoms with Crippen molar-refractivity contribution in [2.24, 2.45) is 0 Å². The highest BCUT2D eigenvalue weighted by Gasteiger charge is 1.88. The number of imidazole rings is 1. The molecule has 0 unspecified atom stereocenters. The first-order valence-corrected chi connectivity index (χ1v) is 2.28. The van der Waals surface area contributed by atoms with Gasteiger partial charge in [0.15, 0.2) is 0 Å². The van der Waals surface area contributed by atoms with Crippen molar-refractivity contribution in [1.29, 1.82) is 0 Å². The predicted octanol–water partition coefficient (Wildman–Crippen LogP) is 0.718. The van der Waals surface area contributed by atoms with Gasteiger partial charge in [0.1, 0.15) is 0 Å². The van der Waals surface area contributed by atoms with Crippen LogP contribution < -0.4 is 0 Å². The number of ether oxygens (including phenoxy) is 1. The van der Waals surface area contributed by atoms with Gasteiger partial charge in [-0.1, -0.05) is 0 Å². The van der Waals surface area contributed by atoms with Gasteiger partial charge in [0.2, 0.25) is 0 Å². The van der Waals surface area contributed by atoms with Crippen LogP contribution in [0.4, 0.5) is 0 Å². The van der Waals surface area contributed by atoms with Crippen molar-refractivity contribution >= 4 is 0 Å². The topological polar surface area (TPSA) is 37.9 Å². The molecule has 8 heavy (non-hydrogen) atoms. The first kappa shape index (κ1) is 5.31. The smallest absolute Gasteiger partial charge is 0.0924 e. The van der Waals surface area contributed by atoms with Gasteiger partial charge in [0, 0.05) is 6.20 Å². The Morgan fingerprint density at radius 3 is 3.25 bits per heavy atom. The Kier molecular flexibility index (Phi) is 1.64. The quantitative estimate of drug-likeness (QED) is 0.610. The van der Waals surface area contributed by atoms with Gasteiger partial charge in [-0.2, -0.15) is 0 Å². The fourth-order valence-electron chi connectivity index (χ4n) is 0.474. The number of hydrogen-bond donors (Lipinski definition) is 1. The second-order valence-electron chi connectivity index (χ2n) is 1.41. The van der Waals surface area contributed by atoms with E-state index in [4.69, 9.17) is 0 Å². The van der Waals surface area contributed by atoms with Crippen molar-refractivity contribution in [2.45, 2.75) is 6.61 Å². The van der Waals surface area contributed by atoms with Crippen LogP contribution in [0.25, 0.3) is 0 Å². The zero-order valence-electron chi connectivity index (χ0n) is 4.42. The Morgan fingerprint density at radius 1 is 1.88 bits per heavy atom. The lowest BCUT2D eigenvalue weighted by Crippen LogP contribution is -1.82. The Balaban J connectivity index is 2.50. The number of aromatic nitrogens is 2. The minimum absolute atomic E-state index is 0.476. The molecule has 3 heteroatoms. The lowest BCUT2D eigenvalue weighted by atomic mass is 10.5. The lowest BCUT2D eigenvalue weighted by molar-refractivity contribution is 0.225. The summed E-state index contributed by atoms with van der Waals surface area (Å²) in [6.45, 7) is 0.476. The average Bonchev–Trinajstić information content (AvgIpc) is 2.19. The molecule has 0 spiro atoms. The molecular formula is C5H7N2O. The first-order chi connectivity index (χ1) is 3.93.